The Bertz CT molecular complexity index is 919. The molecule has 1 fully saturated rings. The lowest BCUT2D eigenvalue weighted by Crippen LogP contribution is -2.45. The highest BCUT2D eigenvalue weighted by molar-refractivity contribution is 5.97. The lowest BCUT2D eigenvalue weighted by Gasteiger charge is -2.18. The lowest BCUT2D eigenvalue weighted by molar-refractivity contribution is -0.152. The van der Waals surface area contributed by atoms with E-state index in [9.17, 15) is 19.2 Å². The number of urea groups is 1. The Morgan fingerprint density at radius 2 is 1.61 bits per heavy atom. The van der Waals surface area contributed by atoms with Gasteiger partial charge in [0.2, 0.25) is 0 Å². The van der Waals surface area contributed by atoms with Crippen molar-refractivity contribution in [3.8, 4) is 0 Å². The van der Waals surface area contributed by atoms with E-state index in [2.05, 4.69) is 10.6 Å². The number of esters is 1. The molecule has 162 valence electrons. The van der Waals surface area contributed by atoms with Crippen LogP contribution in [0.4, 0.5) is 9.59 Å². The third-order valence-electron chi connectivity index (χ3n) is 4.57. The number of alkyl carbamates (subject to hydrolysis) is 1. The fraction of sp³-hybridized carbons (Fsp3) is 0.273. The molecule has 2 N–H and O–H groups in total. The zero-order valence-electron chi connectivity index (χ0n) is 16.8. The van der Waals surface area contributed by atoms with Gasteiger partial charge in [0.1, 0.15) is 12.6 Å². The number of hydrogen-bond acceptors (Lipinski definition) is 6. The Labute approximate surface area is 179 Å². The molecule has 0 saturated carbocycles. The Morgan fingerprint density at radius 3 is 2.23 bits per heavy atom. The summed E-state index contributed by atoms with van der Waals surface area (Å²) in [5, 5.41) is 5.00. The molecule has 4 amide bonds. The maximum Gasteiger partial charge on any atom is 0.408 e. The molecule has 0 bridgehead atoms. The number of nitrogens with zero attached hydrogens (tertiary/aromatic N) is 1. The van der Waals surface area contributed by atoms with Gasteiger partial charge in [0.05, 0.1) is 0 Å². The van der Waals surface area contributed by atoms with E-state index < -0.39 is 36.6 Å². The van der Waals surface area contributed by atoms with Crippen LogP contribution in [0.2, 0.25) is 0 Å². The molecule has 1 aliphatic heterocycles. The number of amides is 4. The first-order valence-electron chi connectivity index (χ1n) is 9.79. The number of carbonyl (C=O) groups is 4. The average Bonchev–Trinajstić information content (AvgIpc) is 3.22. The maximum atomic E-state index is 12.6. The van der Waals surface area contributed by atoms with E-state index in [0.717, 1.165) is 16.0 Å². The van der Waals surface area contributed by atoms with Crippen molar-refractivity contribution in [3.05, 3.63) is 71.8 Å². The molecule has 1 aliphatic rings. The third-order valence-corrected chi connectivity index (χ3v) is 4.57. The summed E-state index contributed by atoms with van der Waals surface area (Å²) in [5.74, 6) is -1.43. The van der Waals surface area contributed by atoms with Crippen molar-refractivity contribution in [2.45, 2.75) is 19.1 Å². The molecule has 0 spiro atoms. The first kappa shape index (κ1) is 21.8. The largest absolute Gasteiger partial charge is 0.454 e. The molecule has 9 nitrogen and oxygen atoms in total. The normalized spacial score (nSPS) is 13.8. The van der Waals surface area contributed by atoms with Crippen LogP contribution in [0, 0.1) is 0 Å². The minimum Gasteiger partial charge on any atom is -0.454 e. The summed E-state index contributed by atoms with van der Waals surface area (Å²) in [4.78, 5) is 49.5. The Morgan fingerprint density at radius 1 is 0.968 bits per heavy atom. The SMILES string of the molecule is O=C(NC(Cc1ccccc1)C(=O)OCC(=O)N1CCNC1=O)OCc1ccccc1. The second-order valence-corrected chi connectivity index (χ2v) is 6.83. The first-order chi connectivity index (χ1) is 15.0. The topological polar surface area (TPSA) is 114 Å². The maximum absolute atomic E-state index is 12.6. The molecule has 9 heteroatoms. The van der Waals surface area contributed by atoms with Crippen molar-refractivity contribution in [2.75, 3.05) is 19.7 Å². The molecule has 0 radical (unpaired) electrons. The van der Waals surface area contributed by atoms with E-state index in [1.807, 2.05) is 36.4 Å². The van der Waals surface area contributed by atoms with Gasteiger partial charge in [-0.25, -0.2) is 14.4 Å². The molecular weight excluding hydrogens is 402 g/mol. The molecule has 1 unspecified atom stereocenters. The monoisotopic (exact) mass is 425 g/mol. The lowest BCUT2D eigenvalue weighted by atomic mass is 10.1. The fourth-order valence-electron chi connectivity index (χ4n) is 2.97. The molecular formula is C22H23N3O6. The van der Waals surface area contributed by atoms with Crippen molar-refractivity contribution in [1.29, 1.82) is 0 Å². The number of carbonyl (C=O) groups excluding carboxylic acids is 4. The van der Waals surface area contributed by atoms with Crippen molar-refractivity contribution < 1.29 is 28.7 Å². The van der Waals surface area contributed by atoms with E-state index in [-0.39, 0.29) is 19.6 Å². The predicted molar refractivity (Wildman–Crippen MR) is 110 cm³/mol. The van der Waals surface area contributed by atoms with E-state index in [4.69, 9.17) is 9.47 Å². The van der Waals surface area contributed by atoms with Gasteiger partial charge < -0.3 is 20.1 Å². The highest BCUT2D eigenvalue weighted by Crippen LogP contribution is 2.07. The van der Waals surface area contributed by atoms with Gasteiger partial charge >= 0.3 is 18.1 Å². The number of imide groups is 1. The molecule has 1 saturated heterocycles. The molecule has 1 heterocycles. The summed E-state index contributed by atoms with van der Waals surface area (Å²) in [6.45, 7) is 0.0112. The molecule has 0 aromatic heterocycles. The third kappa shape index (κ3) is 6.56. The Hall–Kier alpha value is -3.88. The average molecular weight is 425 g/mol. The second kappa shape index (κ2) is 10.8. The van der Waals surface area contributed by atoms with Crippen molar-refractivity contribution in [1.82, 2.24) is 15.5 Å². The van der Waals surface area contributed by atoms with Crippen LogP contribution in [0.1, 0.15) is 11.1 Å². The quantitative estimate of drug-likeness (QED) is 0.622. The summed E-state index contributed by atoms with van der Waals surface area (Å²) < 4.78 is 10.3. The predicted octanol–water partition coefficient (Wildman–Crippen LogP) is 1.62. The minimum atomic E-state index is -1.06. The molecule has 31 heavy (non-hydrogen) atoms. The van der Waals surface area contributed by atoms with Gasteiger partial charge in [0.25, 0.3) is 5.91 Å². The molecule has 0 aliphatic carbocycles. The highest BCUT2D eigenvalue weighted by Gasteiger charge is 2.29. The van der Waals surface area contributed by atoms with Crippen molar-refractivity contribution >= 4 is 24.0 Å². The highest BCUT2D eigenvalue weighted by atomic mass is 16.6. The Balaban J connectivity index is 1.58. The standard InChI is InChI=1S/C22H23N3O6/c26-19(25-12-11-23-21(25)28)15-30-20(27)18(13-16-7-3-1-4-8-16)24-22(29)31-14-17-9-5-2-6-10-17/h1-10,18H,11-15H2,(H,23,28)(H,24,29). The van der Waals surface area contributed by atoms with Crippen LogP contribution < -0.4 is 10.6 Å². The van der Waals surface area contributed by atoms with Crippen LogP contribution >= 0.6 is 0 Å². The van der Waals surface area contributed by atoms with Gasteiger partial charge in [-0.3, -0.25) is 9.69 Å². The van der Waals surface area contributed by atoms with E-state index >= 15 is 0 Å². The minimum absolute atomic E-state index is 0.0440. The van der Waals surface area contributed by atoms with E-state index in [1.165, 1.54) is 0 Å². The smallest absolute Gasteiger partial charge is 0.408 e. The number of rotatable bonds is 8. The van der Waals surface area contributed by atoms with Crippen LogP contribution in [0.3, 0.4) is 0 Å². The van der Waals surface area contributed by atoms with Gasteiger partial charge in [-0.1, -0.05) is 60.7 Å². The second-order valence-electron chi connectivity index (χ2n) is 6.83. The summed E-state index contributed by atoms with van der Waals surface area (Å²) in [7, 11) is 0. The summed E-state index contributed by atoms with van der Waals surface area (Å²) >= 11 is 0. The fourth-order valence-corrected chi connectivity index (χ4v) is 2.97. The van der Waals surface area contributed by atoms with Gasteiger partial charge in [-0.15, -0.1) is 0 Å². The van der Waals surface area contributed by atoms with Crippen LogP contribution in [0.15, 0.2) is 60.7 Å². The van der Waals surface area contributed by atoms with Crippen molar-refractivity contribution in [3.63, 3.8) is 0 Å². The van der Waals surface area contributed by atoms with Crippen LogP contribution in [0.5, 0.6) is 0 Å². The van der Waals surface area contributed by atoms with Gasteiger partial charge in [0.15, 0.2) is 6.61 Å². The number of ether oxygens (including phenoxy) is 2. The van der Waals surface area contributed by atoms with Gasteiger partial charge in [0, 0.05) is 19.5 Å². The summed E-state index contributed by atoms with van der Waals surface area (Å²) in [6, 6.07) is 16.6. The van der Waals surface area contributed by atoms with Crippen LogP contribution in [-0.2, 0) is 32.1 Å². The summed E-state index contributed by atoms with van der Waals surface area (Å²) in [5.41, 5.74) is 1.59. The summed E-state index contributed by atoms with van der Waals surface area (Å²) in [6.07, 6.45) is -0.634. The van der Waals surface area contributed by atoms with Crippen LogP contribution in [-0.4, -0.2) is 54.6 Å². The van der Waals surface area contributed by atoms with Gasteiger partial charge in [-0.05, 0) is 11.1 Å². The van der Waals surface area contributed by atoms with E-state index in [0.29, 0.717) is 6.54 Å². The zero-order valence-corrected chi connectivity index (χ0v) is 16.8. The molecule has 2 aromatic carbocycles. The molecule has 1 atom stereocenters. The van der Waals surface area contributed by atoms with Crippen molar-refractivity contribution in [2.24, 2.45) is 0 Å². The number of benzene rings is 2. The van der Waals surface area contributed by atoms with E-state index in [1.54, 1.807) is 24.3 Å². The number of nitrogens with one attached hydrogen (secondary N) is 2. The zero-order chi connectivity index (χ0) is 22.1. The number of hydrogen-bond donors (Lipinski definition) is 2. The first-order valence-corrected chi connectivity index (χ1v) is 9.79. The Kier molecular flexibility index (Phi) is 7.58. The molecule has 2 aromatic rings. The van der Waals surface area contributed by atoms with Gasteiger partial charge in [-0.2, -0.15) is 0 Å². The van der Waals surface area contributed by atoms with Crippen LogP contribution in [0.25, 0.3) is 0 Å². The molecule has 3 rings (SSSR count).